The number of unbranched alkanes of at least 4 members (excludes halogenated alkanes) is 1. The van der Waals surface area contributed by atoms with E-state index in [2.05, 4.69) is 10.6 Å². The van der Waals surface area contributed by atoms with Crippen LogP contribution in [0.2, 0.25) is 0 Å². The lowest BCUT2D eigenvalue weighted by molar-refractivity contribution is 0.0499. The van der Waals surface area contributed by atoms with E-state index in [9.17, 15) is 9.59 Å². The second-order valence-corrected chi connectivity index (χ2v) is 7.48. The molecule has 0 fully saturated rings. The molecule has 0 atom stereocenters. The third-order valence-electron chi connectivity index (χ3n) is 4.51. The van der Waals surface area contributed by atoms with E-state index in [0.29, 0.717) is 60.5 Å². The zero-order valence-electron chi connectivity index (χ0n) is 20.1. The summed E-state index contributed by atoms with van der Waals surface area (Å²) in [6.07, 6.45) is 1.78. The van der Waals surface area contributed by atoms with Gasteiger partial charge in [0, 0.05) is 11.3 Å². The highest BCUT2D eigenvalue weighted by Gasteiger charge is 2.19. The van der Waals surface area contributed by atoms with Gasteiger partial charge in [-0.1, -0.05) is 13.3 Å². The highest BCUT2D eigenvalue weighted by molar-refractivity contribution is 7.80. The average Bonchev–Trinajstić information content (AvgIpc) is 2.81. The fraction of sp³-hybridized carbons (Fsp3) is 0.400. The summed E-state index contributed by atoms with van der Waals surface area (Å²) in [7, 11) is 0. The molecule has 0 aromatic heterocycles. The summed E-state index contributed by atoms with van der Waals surface area (Å²) in [4.78, 5) is 24.9. The Kier molecular flexibility index (Phi) is 11.1. The van der Waals surface area contributed by atoms with Gasteiger partial charge in [-0.05, 0) is 75.8 Å². The number of carbonyl (C=O) groups excluding carboxylic acids is 2. The molecule has 1 amide bonds. The fourth-order valence-electron chi connectivity index (χ4n) is 2.94. The molecule has 2 N–H and O–H groups in total. The van der Waals surface area contributed by atoms with Crippen molar-refractivity contribution in [2.45, 2.75) is 40.5 Å². The highest BCUT2D eigenvalue weighted by Crippen LogP contribution is 2.39. The zero-order chi connectivity index (χ0) is 24.9. The molecule has 8 nitrogen and oxygen atoms in total. The van der Waals surface area contributed by atoms with Crippen molar-refractivity contribution in [2.75, 3.05) is 31.7 Å². The number of esters is 1. The van der Waals surface area contributed by atoms with E-state index < -0.39 is 5.91 Å². The van der Waals surface area contributed by atoms with Crippen LogP contribution < -0.4 is 24.8 Å². The van der Waals surface area contributed by atoms with E-state index in [1.807, 2.05) is 27.7 Å². The Morgan fingerprint density at radius 1 is 0.853 bits per heavy atom. The first kappa shape index (κ1) is 26.9. The molecular formula is C25H32N2O6S. The van der Waals surface area contributed by atoms with Crippen molar-refractivity contribution < 1.29 is 28.5 Å². The number of anilines is 1. The molecule has 34 heavy (non-hydrogen) atoms. The first-order valence-corrected chi connectivity index (χ1v) is 11.8. The predicted octanol–water partition coefficient (Wildman–Crippen LogP) is 4.97. The lowest BCUT2D eigenvalue weighted by atomic mass is 10.1. The third kappa shape index (κ3) is 7.91. The van der Waals surface area contributed by atoms with E-state index in [4.69, 9.17) is 31.2 Å². The lowest BCUT2D eigenvalue weighted by Crippen LogP contribution is -2.34. The van der Waals surface area contributed by atoms with E-state index in [1.165, 1.54) is 0 Å². The Morgan fingerprint density at radius 2 is 1.44 bits per heavy atom. The van der Waals surface area contributed by atoms with Gasteiger partial charge in [0.25, 0.3) is 5.91 Å². The van der Waals surface area contributed by atoms with E-state index in [-0.39, 0.29) is 11.1 Å². The Labute approximate surface area is 205 Å². The number of nitrogens with one attached hydrogen (secondary N) is 2. The topological polar surface area (TPSA) is 95.1 Å². The number of hydrogen-bond acceptors (Lipinski definition) is 7. The molecule has 0 radical (unpaired) electrons. The van der Waals surface area contributed by atoms with Crippen LogP contribution >= 0.6 is 12.2 Å². The molecular weight excluding hydrogens is 456 g/mol. The molecule has 184 valence electrons. The largest absolute Gasteiger partial charge is 0.490 e. The van der Waals surface area contributed by atoms with Crippen molar-refractivity contribution in [1.82, 2.24) is 5.32 Å². The van der Waals surface area contributed by atoms with Gasteiger partial charge in [0.15, 0.2) is 16.6 Å². The van der Waals surface area contributed by atoms with Gasteiger partial charge in [-0.3, -0.25) is 10.1 Å². The molecule has 2 aromatic rings. The number of benzene rings is 2. The maximum Gasteiger partial charge on any atom is 0.338 e. The van der Waals surface area contributed by atoms with Crippen LogP contribution in [-0.2, 0) is 4.74 Å². The standard InChI is InChI=1S/C25H32N2O6S/c1-5-9-14-33-24(29)17-10-12-19(13-11-17)26-25(34)27-23(28)18-15-20(30-6-2)22(32-8-4)21(16-18)31-7-3/h10-13,15-16H,5-9,14H2,1-4H3,(H2,26,27,28,34). The van der Waals surface area contributed by atoms with Gasteiger partial charge < -0.3 is 24.3 Å². The van der Waals surface area contributed by atoms with Crippen LogP contribution in [0, 0.1) is 0 Å². The first-order valence-electron chi connectivity index (χ1n) is 11.4. The summed E-state index contributed by atoms with van der Waals surface area (Å²) in [6, 6.07) is 9.83. The van der Waals surface area contributed by atoms with Gasteiger partial charge >= 0.3 is 5.97 Å². The van der Waals surface area contributed by atoms with Crippen LogP contribution in [0.3, 0.4) is 0 Å². The minimum atomic E-state index is -0.432. The summed E-state index contributed by atoms with van der Waals surface area (Å²) in [6.45, 7) is 9.20. The number of amides is 1. The average molecular weight is 489 g/mol. The Bertz CT molecular complexity index is 951. The number of thiocarbonyl (C=S) groups is 1. The fourth-order valence-corrected chi connectivity index (χ4v) is 3.15. The van der Waals surface area contributed by atoms with E-state index >= 15 is 0 Å². The molecule has 0 aliphatic heterocycles. The van der Waals surface area contributed by atoms with Gasteiger partial charge in [-0.2, -0.15) is 0 Å². The quantitative estimate of drug-likeness (QED) is 0.246. The Morgan fingerprint density at radius 3 is 1.97 bits per heavy atom. The van der Waals surface area contributed by atoms with Crippen molar-refractivity contribution in [1.29, 1.82) is 0 Å². The molecule has 0 saturated carbocycles. The summed E-state index contributed by atoms with van der Waals surface area (Å²) < 4.78 is 22.2. The second kappa shape index (κ2) is 14.0. The smallest absolute Gasteiger partial charge is 0.338 e. The van der Waals surface area contributed by atoms with Crippen molar-refractivity contribution in [3.63, 3.8) is 0 Å². The highest BCUT2D eigenvalue weighted by atomic mass is 32.1. The molecule has 2 rings (SSSR count). The van der Waals surface area contributed by atoms with Gasteiger partial charge in [0.2, 0.25) is 5.75 Å². The number of ether oxygens (including phenoxy) is 4. The molecule has 0 saturated heterocycles. The predicted molar refractivity (Wildman–Crippen MR) is 135 cm³/mol. The maximum atomic E-state index is 12.8. The van der Waals surface area contributed by atoms with Crippen LogP contribution in [0.4, 0.5) is 5.69 Å². The Balaban J connectivity index is 2.07. The van der Waals surface area contributed by atoms with Gasteiger partial charge in [0.05, 0.1) is 32.0 Å². The normalized spacial score (nSPS) is 10.2. The van der Waals surface area contributed by atoms with Crippen molar-refractivity contribution in [3.05, 3.63) is 47.5 Å². The van der Waals surface area contributed by atoms with Crippen LogP contribution in [-0.4, -0.2) is 43.4 Å². The van der Waals surface area contributed by atoms with Crippen LogP contribution in [0.25, 0.3) is 0 Å². The van der Waals surface area contributed by atoms with Crippen LogP contribution in [0.5, 0.6) is 17.2 Å². The minimum Gasteiger partial charge on any atom is -0.490 e. The molecule has 0 bridgehead atoms. The SMILES string of the molecule is CCCCOC(=O)c1ccc(NC(=S)NC(=O)c2cc(OCC)c(OCC)c(OCC)c2)cc1. The lowest BCUT2D eigenvalue weighted by Gasteiger charge is -2.17. The van der Waals surface area contributed by atoms with Gasteiger partial charge in [-0.25, -0.2) is 4.79 Å². The summed E-state index contributed by atoms with van der Waals surface area (Å²) in [5.41, 5.74) is 1.37. The van der Waals surface area contributed by atoms with Gasteiger partial charge in [-0.15, -0.1) is 0 Å². The molecule has 0 unspecified atom stereocenters. The summed E-state index contributed by atoms with van der Waals surface area (Å²) in [5.74, 6) is 0.485. The maximum absolute atomic E-state index is 12.8. The molecule has 0 aliphatic rings. The van der Waals surface area contributed by atoms with Crippen molar-refractivity contribution >= 4 is 34.9 Å². The molecule has 0 aliphatic carbocycles. The Hall–Kier alpha value is -3.33. The first-order chi connectivity index (χ1) is 16.4. The number of carbonyl (C=O) groups is 2. The molecule has 0 heterocycles. The monoisotopic (exact) mass is 488 g/mol. The second-order valence-electron chi connectivity index (χ2n) is 7.08. The molecule has 2 aromatic carbocycles. The number of rotatable bonds is 12. The molecule has 0 spiro atoms. The van der Waals surface area contributed by atoms with Crippen molar-refractivity contribution in [3.8, 4) is 17.2 Å². The summed E-state index contributed by atoms with van der Waals surface area (Å²) in [5, 5.41) is 5.68. The van der Waals surface area contributed by atoms with Crippen LogP contribution in [0.1, 0.15) is 61.3 Å². The summed E-state index contributed by atoms with van der Waals surface area (Å²) >= 11 is 5.28. The van der Waals surface area contributed by atoms with E-state index in [1.54, 1.807) is 36.4 Å². The third-order valence-corrected chi connectivity index (χ3v) is 4.71. The van der Waals surface area contributed by atoms with Crippen molar-refractivity contribution in [2.24, 2.45) is 0 Å². The zero-order valence-corrected chi connectivity index (χ0v) is 20.9. The molecule has 9 heteroatoms. The number of hydrogen-bond donors (Lipinski definition) is 2. The minimum absolute atomic E-state index is 0.105. The van der Waals surface area contributed by atoms with Gasteiger partial charge in [0.1, 0.15) is 0 Å². The van der Waals surface area contributed by atoms with E-state index in [0.717, 1.165) is 12.8 Å². The van der Waals surface area contributed by atoms with Crippen LogP contribution in [0.15, 0.2) is 36.4 Å².